The lowest BCUT2D eigenvalue weighted by molar-refractivity contribution is -0.237. The number of hydrogen-bond donors (Lipinski definition) is 0. The molecule has 0 saturated heterocycles. The third-order valence-corrected chi connectivity index (χ3v) is 1.84. The van der Waals surface area contributed by atoms with Gasteiger partial charge in [-0.05, 0) is 12.2 Å². The van der Waals surface area contributed by atoms with Crippen LogP contribution in [0.3, 0.4) is 0 Å². The van der Waals surface area contributed by atoms with Crippen LogP contribution in [-0.2, 0) is 0 Å². The molecule has 67 valence electrons. The van der Waals surface area contributed by atoms with E-state index in [4.69, 9.17) is 0 Å². The normalized spacial score (nSPS) is 13.6. The van der Waals surface area contributed by atoms with Gasteiger partial charge in [0.2, 0.25) is 0 Å². The molecule has 0 aliphatic heterocycles. The molecule has 0 amide bonds. The molecular formula is C5H6F5S. The van der Waals surface area contributed by atoms with Gasteiger partial charge in [0.05, 0.1) is 0 Å². The first-order valence-corrected chi connectivity index (χ1v) is 3.67. The van der Waals surface area contributed by atoms with Crippen molar-refractivity contribution in [2.45, 2.75) is 17.9 Å². The average Bonchev–Trinajstić information content (AvgIpc) is 1.81. The Hall–Kier alpha value is -0.0000000000000000555. The summed E-state index contributed by atoms with van der Waals surface area (Å²) in [6.07, 6.45) is -5.40. The van der Waals surface area contributed by atoms with Crippen molar-refractivity contribution in [2.75, 3.05) is 5.75 Å². The molecule has 0 saturated carbocycles. The maximum absolute atomic E-state index is 11.9. The van der Waals surface area contributed by atoms with Crippen molar-refractivity contribution in [1.29, 1.82) is 0 Å². The van der Waals surface area contributed by atoms with Gasteiger partial charge in [-0.2, -0.15) is 22.0 Å². The predicted octanol–water partition coefficient (Wildman–Crippen LogP) is 3.10. The number of hydrogen-bond acceptors (Lipinski definition) is 1. The summed E-state index contributed by atoms with van der Waals surface area (Å²) in [6.45, 7) is 3.15. The molecule has 0 bridgehead atoms. The highest BCUT2D eigenvalue weighted by Crippen LogP contribution is 2.44. The SMILES string of the molecule is [CH2]CCSC(F)(F)C(F)(F)F. The molecule has 0 nitrogen and oxygen atoms in total. The largest absolute Gasteiger partial charge is 0.464 e. The van der Waals surface area contributed by atoms with Crippen molar-refractivity contribution >= 4 is 11.8 Å². The Labute approximate surface area is 65.1 Å². The maximum Gasteiger partial charge on any atom is 0.464 e. The summed E-state index contributed by atoms with van der Waals surface area (Å²) in [7, 11) is 0. The first-order chi connectivity index (χ1) is 4.81. The van der Waals surface area contributed by atoms with E-state index in [0.29, 0.717) is 0 Å². The molecule has 0 spiro atoms. The van der Waals surface area contributed by atoms with Crippen molar-refractivity contribution in [3.05, 3.63) is 6.92 Å². The molecule has 6 heteroatoms. The standard InChI is InChI=1S/C5H6F5S/c1-2-3-11-5(9,10)4(6,7)8/h1-3H2. The van der Waals surface area contributed by atoms with Crippen molar-refractivity contribution in [3.63, 3.8) is 0 Å². The molecule has 11 heavy (non-hydrogen) atoms. The molecule has 0 aromatic carbocycles. The first-order valence-electron chi connectivity index (χ1n) is 2.69. The highest BCUT2D eigenvalue weighted by atomic mass is 32.2. The van der Waals surface area contributed by atoms with Crippen molar-refractivity contribution in [2.24, 2.45) is 0 Å². The minimum atomic E-state index is -5.45. The van der Waals surface area contributed by atoms with E-state index in [0.717, 1.165) is 0 Å². The fourth-order valence-corrected chi connectivity index (χ4v) is 0.847. The Balaban J connectivity index is 4.00. The van der Waals surface area contributed by atoms with E-state index in [9.17, 15) is 22.0 Å². The van der Waals surface area contributed by atoms with Crippen LogP contribution in [0.5, 0.6) is 0 Å². The van der Waals surface area contributed by atoms with Crippen LogP contribution in [0.15, 0.2) is 0 Å². The van der Waals surface area contributed by atoms with Crippen molar-refractivity contribution < 1.29 is 22.0 Å². The van der Waals surface area contributed by atoms with Gasteiger partial charge in [0.25, 0.3) is 0 Å². The highest BCUT2D eigenvalue weighted by Gasteiger charge is 2.57. The monoisotopic (exact) mass is 193 g/mol. The average molecular weight is 193 g/mol. The van der Waals surface area contributed by atoms with Crippen LogP contribution in [-0.4, -0.2) is 17.2 Å². The van der Waals surface area contributed by atoms with Crippen LogP contribution < -0.4 is 0 Å². The highest BCUT2D eigenvalue weighted by molar-refractivity contribution is 8.00. The Kier molecular flexibility index (Phi) is 3.60. The van der Waals surface area contributed by atoms with Crippen LogP contribution in [0, 0.1) is 6.92 Å². The first kappa shape index (κ1) is 11.0. The van der Waals surface area contributed by atoms with Crippen LogP contribution in [0.2, 0.25) is 0 Å². The van der Waals surface area contributed by atoms with Crippen molar-refractivity contribution in [3.8, 4) is 0 Å². The molecule has 0 aromatic rings. The van der Waals surface area contributed by atoms with Gasteiger partial charge >= 0.3 is 11.4 Å². The summed E-state index contributed by atoms with van der Waals surface area (Å²) in [5.74, 6) is -0.299. The number of halogens is 5. The zero-order chi connectivity index (χ0) is 9.12. The molecule has 1 radical (unpaired) electrons. The third kappa shape index (κ3) is 3.27. The summed E-state index contributed by atoms with van der Waals surface area (Å²) in [6, 6.07) is 0. The maximum atomic E-state index is 11.9. The lowest BCUT2D eigenvalue weighted by atomic mass is 10.6. The summed E-state index contributed by atoms with van der Waals surface area (Å²) < 4.78 is 58.0. The molecule has 0 aromatic heterocycles. The van der Waals surface area contributed by atoms with E-state index in [1.54, 1.807) is 0 Å². The van der Waals surface area contributed by atoms with E-state index < -0.39 is 23.2 Å². The molecule has 0 heterocycles. The van der Waals surface area contributed by atoms with E-state index in [2.05, 4.69) is 6.92 Å². The van der Waals surface area contributed by atoms with Gasteiger partial charge in [0, 0.05) is 0 Å². The molecule has 0 aliphatic carbocycles. The molecule has 0 unspecified atom stereocenters. The quantitative estimate of drug-likeness (QED) is 0.620. The van der Waals surface area contributed by atoms with E-state index in [1.165, 1.54) is 0 Å². The summed E-state index contributed by atoms with van der Waals surface area (Å²) in [4.78, 5) is 0. The molecule has 0 atom stereocenters. The summed E-state index contributed by atoms with van der Waals surface area (Å²) >= 11 is -0.435. The second-order valence-electron chi connectivity index (χ2n) is 1.72. The topological polar surface area (TPSA) is 0 Å². The number of rotatable bonds is 3. The second kappa shape index (κ2) is 3.60. The van der Waals surface area contributed by atoms with Gasteiger partial charge in [0.15, 0.2) is 0 Å². The van der Waals surface area contributed by atoms with E-state index in [1.807, 2.05) is 0 Å². The van der Waals surface area contributed by atoms with Crippen molar-refractivity contribution in [1.82, 2.24) is 0 Å². The Morgan fingerprint density at radius 3 is 1.82 bits per heavy atom. The molecule has 0 N–H and O–H groups in total. The second-order valence-corrected chi connectivity index (χ2v) is 2.93. The van der Waals surface area contributed by atoms with Gasteiger partial charge in [0.1, 0.15) is 0 Å². The summed E-state index contributed by atoms with van der Waals surface area (Å²) in [5.41, 5.74) is 0. The van der Waals surface area contributed by atoms with E-state index in [-0.39, 0.29) is 12.2 Å². The molecule has 0 aliphatic rings. The van der Waals surface area contributed by atoms with E-state index >= 15 is 0 Å². The Bertz CT molecular complexity index is 119. The van der Waals surface area contributed by atoms with Crippen LogP contribution in [0.25, 0.3) is 0 Å². The minimum Gasteiger partial charge on any atom is -0.184 e. The smallest absolute Gasteiger partial charge is 0.184 e. The predicted molar refractivity (Wildman–Crippen MR) is 33.4 cm³/mol. The Morgan fingerprint density at radius 1 is 1.09 bits per heavy atom. The van der Waals surface area contributed by atoms with Crippen LogP contribution in [0.1, 0.15) is 6.42 Å². The van der Waals surface area contributed by atoms with Gasteiger partial charge in [-0.15, -0.1) is 0 Å². The fourth-order valence-electron chi connectivity index (χ4n) is 0.282. The minimum absolute atomic E-state index is 0.0519. The zero-order valence-electron chi connectivity index (χ0n) is 5.42. The van der Waals surface area contributed by atoms with Gasteiger partial charge in [-0.25, -0.2) is 0 Å². The zero-order valence-corrected chi connectivity index (χ0v) is 6.24. The van der Waals surface area contributed by atoms with Gasteiger partial charge in [-0.1, -0.05) is 18.7 Å². The number of alkyl halides is 5. The number of thioether (sulfide) groups is 1. The molecule has 0 rings (SSSR count). The Morgan fingerprint density at radius 2 is 1.55 bits per heavy atom. The summed E-state index contributed by atoms with van der Waals surface area (Å²) in [5, 5.41) is -4.63. The fraction of sp³-hybridized carbons (Fsp3) is 0.800. The lowest BCUT2D eigenvalue weighted by Crippen LogP contribution is -2.33. The van der Waals surface area contributed by atoms with Gasteiger partial charge in [-0.3, -0.25) is 0 Å². The van der Waals surface area contributed by atoms with Gasteiger partial charge < -0.3 is 0 Å². The van der Waals surface area contributed by atoms with Crippen LogP contribution in [0.4, 0.5) is 22.0 Å². The molecular weight excluding hydrogens is 187 g/mol. The third-order valence-electron chi connectivity index (χ3n) is 0.758. The lowest BCUT2D eigenvalue weighted by Gasteiger charge is -2.17. The van der Waals surface area contributed by atoms with Crippen LogP contribution >= 0.6 is 11.8 Å². The molecule has 0 fully saturated rings.